The van der Waals surface area contributed by atoms with Crippen LogP contribution in [0.15, 0.2) is 82.7 Å². The zero-order valence-electron chi connectivity index (χ0n) is 19.2. The topological polar surface area (TPSA) is 123 Å². The van der Waals surface area contributed by atoms with Crippen LogP contribution in [-0.2, 0) is 11.0 Å². The molecule has 38 heavy (non-hydrogen) atoms. The number of H-pyrrole nitrogens is 1. The van der Waals surface area contributed by atoms with Crippen molar-refractivity contribution in [1.82, 2.24) is 14.5 Å². The van der Waals surface area contributed by atoms with E-state index in [1.54, 1.807) is 24.3 Å². The number of nitro benzene ring substituents is 1. The molecule has 2 N–H and O–H groups in total. The lowest BCUT2D eigenvalue weighted by molar-refractivity contribution is -0.384. The van der Waals surface area contributed by atoms with Crippen molar-refractivity contribution < 1.29 is 22.9 Å². The second-order valence-corrected chi connectivity index (χ2v) is 9.03. The Kier molecular flexibility index (Phi) is 6.36. The second-order valence-electron chi connectivity index (χ2n) is 8.08. The number of hydrogen-bond acceptors (Lipinski definition) is 6. The van der Waals surface area contributed by atoms with E-state index in [1.165, 1.54) is 41.0 Å². The highest BCUT2D eigenvalue weighted by Gasteiger charge is 2.33. The number of nitro groups is 1. The molecule has 0 aliphatic rings. The average Bonchev–Trinajstić information content (AvgIpc) is 3.26. The van der Waals surface area contributed by atoms with Gasteiger partial charge in [-0.25, -0.2) is 4.98 Å². The van der Waals surface area contributed by atoms with Crippen LogP contribution in [0.2, 0.25) is 0 Å². The van der Waals surface area contributed by atoms with Gasteiger partial charge in [-0.15, -0.1) is 0 Å². The highest BCUT2D eigenvalue weighted by molar-refractivity contribution is 7.99. The van der Waals surface area contributed by atoms with E-state index < -0.39 is 33.8 Å². The maximum absolute atomic E-state index is 13.5. The highest BCUT2D eigenvalue weighted by Crippen LogP contribution is 2.35. The molecule has 0 unspecified atom stereocenters. The van der Waals surface area contributed by atoms with Crippen LogP contribution in [0.3, 0.4) is 0 Å². The van der Waals surface area contributed by atoms with Crippen LogP contribution in [0.1, 0.15) is 5.56 Å². The number of hydrogen-bond donors (Lipinski definition) is 2. The summed E-state index contributed by atoms with van der Waals surface area (Å²) in [6.07, 6.45) is -4.66. The van der Waals surface area contributed by atoms with Gasteiger partial charge in [0.1, 0.15) is 11.0 Å². The summed E-state index contributed by atoms with van der Waals surface area (Å²) in [6.45, 7) is 0. The summed E-state index contributed by atoms with van der Waals surface area (Å²) >= 11 is 0.845. The number of aromatic amines is 1. The quantitative estimate of drug-likeness (QED) is 0.127. The first-order chi connectivity index (χ1) is 18.1. The van der Waals surface area contributed by atoms with Gasteiger partial charge in [0, 0.05) is 23.0 Å². The fraction of sp³-hybridized carbons (Fsp3) is 0.0800. The number of alkyl halides is 3. The van der Waals surface area contributed by atoms with Gasteiger partial charge in [0.2, 0.25) is 5.91 Å². The van der Waals surface area contributed by atoms with Crippen molar-refractivity contribution in [1.29, 1.82) is 0 Å². The number of amides is 1. The molecule has 5 aromatic rings. The van der Waals surface area contributed by atoms with E-state index in [1.807, 2.05) is 0 Å². The normalized spacial score (nSPS) is 11.7. The SMILES string of the molecule is O=C(CSc1nc2c([nH]c3ccccc32)c(=O)n1-c1ccc([N+](=O)[O-])cc1)Nc1ccccc1C(F)(F)F. The van der Waals surface area contributed by atoms with E-state index in [0.29, 0.717) is 16.4 Å². The molecule has 5 rings (SSSR count). The minimum Gasteiger partial charge on any atom is -0.349 e. The molecule has 0 radical (unpaired) electrons. The van der Waals surface area contributed by atoms with Gasteiger partial charge in [0.15, 0.2) is 5.16 Å². The fourth-order valence-electron chi connectivity index (χ4n) is 3.95. The van der Waals surface area contributed by atoms with Crippen molar-refractivity contribution in [3.05, 3.63) is 98.8 Å². The van der Waals surface area contributed by atoms with Gasteiger partial charge in [-0.05, 0) is 30.3 Å². The molecule has 0 aliphatic carbocycles. The summed E-state index contributed by atoms with van der Waals surface area (Å²) in [6, 6.07) is 16.9. The number of fused-ring (bicyclic) bond motifs is 3. The van der Waals surface area contributed by atoms with Crippen LogP contribution in [0, 0.1) is 10.1 Å². The maximum Gasteiger partial charge on any atom is 0.418 e. The van der Waals surface area contributed by atoms with Crippen LogP contribution in [0.5, 0.6) is 0 Å². The minimum absolute atomic E-state index is 0.0837. The number of aromatic nitrogens is 3. The Hall–Kier alpha value is -4.65. The van der Waals surface area contributed by atoms with Crippen LogP contribution < -0.4 is 10.9 Å². The lowest BCUT2D eigenvalue weighted by Crippen LogP contribution is -2.23. The van der Waals surface area contributed by atoms with Crippen LogP contribution in [-0.4, -0.2) is 31.1 Å². The van der Waals surface area contributed by atoms with Crippen molar-refractivity contribution in [2.24, 2.45) is 0 Å². The van der Waals surface area contributed by atoms with Gasteiger partial charge >= 0.3 is 6.18 Å². The number of anilines is 1. The molecular weight excluding hydrogens is 523 g/mol. The van der Waals surface area contributed by atoms with Gasteiger partial charge in [-0.2, -0.15) is 13.2 Å². The second kappa shape index (κ2) is 9.67. The van der Waals surface area contributed by atoms with Gasteiger partial charge < -0.3 is 10.3 Å². The number of nitrogens with zero attached hydrogens (tertiary/aromatic N) is 3. The number of benzene rings is 3. The Balaban J connectivity index is 1.54. The predicted octanol–water partition coefficient (Wildman–Crippen LogP) is 5.52. The van der Waals surface area contributed by atoms with Crippen LogP contribution >= 0.6 is 11.8 Å². The number of carbonyl (C=O) groups excluding carboxylic acids is 1. The van der Waals surface area contributed by atoms with Crippen LogP contribution in [0.25, 0.3) is 27.6 Å². The molecule has 0 bridgehead atoms. The third kappa shape index (κ3) is 4.70. The minimum atomic E-state index is -4.66. The number of thioether (sulfide) groups is 1. The number of non-ortho nitro benzene ring substituents is 1. The molecule has 192 valence electrons. The van der Waals surface area contributed by atoms with E-state index >= 15 is 0 Å². The smallest absolute Gasteiger partial charge is 0.349 e. The van der Waals surface area contributed by atoms with E-state index in [4.69, 9.17) is 0 Å². The van der Waals surface area contributed by atoms with E-state index in [2.05, 4.69) is 15.3 Å². The maximum atomic E-state index is 13.5. The summed E-state index contributed by atoms with van der Waals surface area (Å²) in [5.74, 6) is -1.10. The molecule has 0 saturated carbocycles. The standard InChI is InChI=1S/C25H16F3N5O4S/c26-25(27,28)17-6-2-4-8-19(17)29-20(34)13-38-24-31-21-16-5-1-3-7-18(16)30-22(21)23(35)32(24)14-9-11-15(12-10-14)33(36)37/h1-12,30H,13H2,(H,29,34). The molecule has 9 nitrogen and oxygen atoms in total. The molecule has 0 atom stereocenters. The van der Waals surface area contributed by atoms with E-state index in [-0.39, 0.29) is 27.8 Å². The Morgan fingerprint density at radius 2 is 1.74 bits per heavy atom. The monoisotopic (exact) mass is 539 g/mol. The lowest BCUT2D eigenvalue weighted by atomic mass is 10.1. The zero-order chi connectivity index (χ0) is 27.0. The summed E-state index contributed by atoms with van der Waals surface area (Å²) in [4.78, 5) is 44.3. The summed E-state index contributed by atoms with van der Waals surface area (Å²) in [5.41, 5.74) is -0.599. The number of rotatable bonds is 6. The first-order valence-electron chi connectivity index (χ1n) is 11.0. The van der Waals surface area contributed by atoms with E-state index in [9.17, 15) is 32.9 Å². The van der Waals surface area contributed by atoms with E-state index in [0.717, 1.165) is 23.9 Å². The Bertz CT molecular complexity index is 1760. The summed E-state index contributed by atoms with van der Waals surface area (Å²) in [7, 11) is 0. The van der Waals surface area contributed by atoms with Gasteiger partial charge in [-0.3, -0.25) is 24.3 Å². The molecule has 0 saturated heterocycles. The molecule has 0 spiro atoms. The number of carbonyl (C=O) groups is 1. The predicted molar refractivity (Wildman–Crippen MR) is 137 cm³/mol. The number of nitrogens with one attached hydrogen (secondary N) is 2. The summed E-state index contributed by atoms with van der Waals surface area (Å²) < 4.78 is 41.1. The first kappa shape index (κ1) is 25.0. The van der Waals surface area contributed by atoms with Crippen molar-refractivity contribution >= 4 is 51.0 Å². The molecule has 13 heteroatoms. The first-order valence-corrected chi connectivity index (χ1v) is 12.0. The number of para-hydroxylation sites is 2. The van der Waals surface area contributed by atoms with Crippen molar-refractivity contribution in [2.45, 2.75) is 11.3 Å². The van der Waals surface area contributed by atoms with Crippen molar-refractivity contribution in [3.8, 4) is 5.69 Å². The Morgan fingerprint density at radius 1 is 1.05 bits per heavy atom. The third-order valence-corrected chi connectivity index (χ3v) is 6.59. The van der Waals surface area contributed by atoms with Crippen LogP contribution in [0.4, 0.5) is 24.5 Å². The number of halogens is 3. The lowest BCUT2D eigenvalue weighted by Gasteiger charge is -2.14. The third-order valence-electron chi connectivity index (χ3n) is 5.65. The zero-order valence-corrected chi connectivity index (χ0v) is 20.0. The van der Waals surface area contributed by atoms with Crippen molar-refractivity contribution in [3.63, 3.8) is 0 Å². The molecule has 3 aromatic carbocycles. The highest BCUT2D eigenvalue weighted by atomic mass is 32.2. The molecular formula is C25H16F3N5O4S. The Labute approximate surface area is 215 Å². The largest absolute Gasteiger partial charge is 0.418 e. The Morgan fingerprint density at radius 3 is 2.45 bits per heavy atom. The molecule has 0 aliphatic heterocycles. The molecule has 2 aromatic heterocycles. The van der Waals surface area contributed by atoms with Gasteiger partial charge in [0.05, 0.1) is 27.6 Å². The molecule has 2 heterocycles. The summed E-state index contributed by atoms with van der Waals surface area (Å²) in [5, 5.41) is 14.1. The average molecular weight is 539 g/mol. The fourth-order valence-corrected chi connectivity index (χ4v) is 4.75. The van der Waals surface area contributed by atoms with Gasteiger partial charge in [0.25, 0.3) is 11.2 Å². The van der Waals surface area contributed by atoms with Gasteiger partial charge in [-0.1, -0.05) is 42.1 Å². The molecule has 1 amide bonds. The molecule has 0 fully saturated rings. The van der Waals surface area contributed by atoms with Crippen molar-refractivity contribution in [2.75, 3.05) is 11.1 Å².